The van der Waals surface area contributed by atoms with Gasteiger partial charge in [0.2, 0.25) is 0 Å². The van der Waals surface area contributed by atoms with Crippen LogP contribution < -0.4 is 15.8 Å². The highest BCUT2D eigenvalue weighted by atomic mass is 16.5. The highest BCUT2D eigenvalue weighted by Crippen LogP contribution is 2.25. The summed E-state index contributed by atoms with van der Waals surface area (Å²) in [5.74, 6) is 0.504. The van der Waals surface area contributed by atoms with Crippen LogP contribution in [0.5, 0.6) is 5.75 Å². The van der Waals surface area contributed by atoms with Crippen molar-refractivity contribution in [1.29, 1.82) is 0 Å². The first-order chi connectivity index (χ1) is 10.0. The standard InChI is InChI=1S/C17H20N2O2/c1-4-12-9-14(18)8-11(2)16(12)19-17(20)13-6-5-7-15(10-13)21-3/h5-10H,4,18H2,1-3H3,(H,19,20). The second kappa shape index (κ2) is 6.31. The fourth-order valence-electron chi connectivity index (χ4n) is 2.30. The van der Waals surface area contributed by atoms with E-state index in [-0.39, 0.29) is 5.91 Å². The Labute approximate surface area is 124 Å². The topological polar surface area (TPSA) is 64.3 Å². The minimum absolute atomic E-state index is 0.156. The van der Waals surface area contributed by atoms with Gasteiger partial charge >= 0.3 is 0 Å². The number of methoxy groups -OCH3 is 1. The summed E-state index contributed by atoms with van der Waals surface area (Å²) in [6.45, 7) is 3.98. The van der Waals surface area contributed by atoms with Crippen LogP contribution in [0.3, 0.4) is 0 Å². The maximum absolute atomic E-state index is 12.4. The molecule has 1 amide bonds. The normalized spacial score (nSPS) is 10.2. The Kier molecular flexibility index (Phi) is 4.48. The minimum Gasteiger partial charge on any atom is -0.497 e. The number of carbonyl (C=O) groups excluding carboxylic acids is 1. The van der Waals surface area contributed by atoms with Crippen molar-refractivity contribution < 1.29 is 9.53 Å². The average Bonchev–Trinajstić information content (AvgIpc) is 2.49. The number of hydrogen-bond acceptors (Lipinski definition) is 3. The zero-order valence-electron chi connectivity index (χ0n) is 12.6. The van der Waals surface area contributed by atoms with E-state index >= 15 is 0 Å². The van der Waals surface area contributed by atoms with Crippen molar-refractivity contribution in [2.75, 3.05) is 18.2 Å². The van der Waals surface area contributed by atoms with Gasteiger partial charge in [-0.2, -0.15) is 0 Å². The molecule has 21 heavy (non-hydrogen) atoms. The Morgan fingerprint density at radius 3 is 2.71 bits per heavy atom. The van der Waals surface area contributed by atoms with Crippen molar-refractivity contribution in [3.8, 4) is 5.75 Å². The summed E-state index contributed by atoms with van der Waals surface area (Å²) in [4.78, 5) is 12.4. The summed E-state index contributed by atoms with van der Waals surface area (Å²) in [6.07, 6.45) is 0.805. The van der Waals surface area contributed by atoms with Gasteiger partial charge in [0.25, 0.3) is 5.91 Å². The number of aryl methyl sites for hydroxylation is 2. The smallest absolute Gasteiger partial charge is 0.255 e. The lowest BCUT2D eigenvalue weighted by Gasteiger charge is -2.14. The van der Waals surface area contributed by atoms with Crippen molar-refractivity contribution in [2.24, 2.45) is 0 Å². The quantitative estimate of drug-likeness (QED) is 0.846. The summed E-state index contributed by atoms with van der Waals surface area (Å²) in [7, 11) is 1.58. The molecule has 0 heterocycles. The zero-order chi connectivity index (χ0) is 15.4. The number of carbonyl (C=O) groups is 1. The molecule has 2 aromatic rings. The molecule has 0 radical (unpaired) electrons. The van der Waals surface area contributed by atoms with Crippen LogP contribution in [0.1, 0.15) is 28.4 Å². The lowest BCUT2D eigenvalue weighted by molar-refractivity contribution is 0.102. The predicted molar refractivity (Wildman–Crippen MR) is 85.9 cm³/mol. The molecule has 2 aromatic carbocycles. The van der Waals surface area contributed by atoms with Crippen LogP contribution in [0.25, 0.3) is 0 Å². The van der Waals surface area contributed by atoms with Crippen LogP contribution in [0.4, 0.5) is 11.4 Å². The number of nitrogens with two attached hydrogens (primary N) is 1. The van der Waals surface area contributed by atoms with Gasteiger partial charge in [-0.1, -0.05) is 13.0 Å². The number of benzene rings is 2. The lowest BCUT2D eigenvalue weighted by Crippen LogP contribution is -2.14. The largest absolute Gasteiger partial charge is 0.497 e. The first-order valence-electron chi connectivity index (χ1n) is 6.89. The van der Waals surface area contributed by atoms with E-state index < -0.39 is 0 Å². The first kappa shape index (κ1) is 14.9. The molecule has 0 atom stereocenters. The SMILES string of the molecule is CCc1cc(N)cc(C)c1NC(=O)c1cccc(OC)c1. The molecule has 4 heteroatoms. The van der Waals surface area contributed by atoms with Gasteiger partial charge in [0.05, 0.1) is 7.11 Å². The van der Waals surface area contributed by atoms with Gasteiger partial charge in [-0.3, -0.25) is 4.79 Å². The van der Waals surface area contributed by atoms with Gasteiger partial charge in [-0.05, 0) is 54.8 Å². The van der Waals surface area contributed by atoms with Gasteiger partial charge in [-0.15, -0.1) is 0 Å². The van der Waals surface area contributed by atoms with E-state index in [0.29, 0.717) is 17.0 Å². The molecule has 0 aliphatic rings. The lowest BCUT2D eigenvalue weighted by atomic mass is 10.0. The molecule has 0 aliphatic carbocycles. The Morgan fingerprint density at radius 1 is 1.29 bits per heavy atom. The first-order valence-corrected chi connectivity index (χ1v) is 6.89. The number of ether oxygens (including phenoxy) is 1. The number of amides is 1. The van der Waals surface area contributed by atoms with Crippen molar-refractivity contribution in [1.82, 2.24) is 0 Å². The molecule has 0 spiro atoms. The maximum atomic E-state index is 12.4. The molecule has 0 unspecified atom stereocenters. The summed E-state index contributed by atoms with van der Waals surface area (Å²) >= 11 is 0. The minimum atomic E-state index is -0.156. The van der Waals surface area contributed by atoms with Crippen LogP contribution >= 0.6 is 0 Å². The van der Waals surface area contributed by atoms with Gasteiger partial charge < -0.3 is 15.8 Å². The number of nitrogen functional groups attached to an aromatic ring is 1. The molecule has 2 rings (SSSR count). The Hall–Kier alpha value is -2.49. The molecular formula is C17H20N2O2. The zero-order valence-corrected chi connectivity index (χ0v) is 12.6. The summed E-state index contributed by atoms with van der Waals surface area (Å²) in [6, 6.07) is 10.8. The summed E-state index contributed by atoms with van der Waals surface area (Å²) in [5.41, 5.74) is 9.95. The monoisotopic (exact) mass is 284 g/mol. The number of rotatable bonds is 4. The van der Waals surface area contributed by atoms with Crippen LogP contribution in [-0.2, 0) is 6.42 Å². The van der Waals surface area contributed by atoms with E-state index in [2.05, 4.69) is 5.32 Å². The van der Waals surface area contributed by atoms with Crippen molar-refractivity contribution in [2.45, 2.75) is 20.3 Å². The molecule has 110 valence electrons. The third kappa shape index (κ3) is 3.34. The Bertz CT molecular complexity index is 666. The average molecular weight is 284 g/mol. The number of anilines is 2. The van der Waals surface area contributed by atoms with E-state index in [1.807, 2.05) is 32.0 Å². The molecule has 3 N–H and O–H groups in total. The molecule has 0 saturated heterocycles. The van der Waals surface area contributed by atoms with Crippen LogP contribution in [0.15, 0.2) is 36.4 Å². The Morgan fingerprint density at radius 2 is 2.05 bits per heavy atom. The third-order valence-electron chi connectivity index (χ3n) is 3.39. The van der Waals surface area contributed by atoms with Crippen molar-refractivity contribution in [3.05, 3.63) is 53.1 Å². The van der Waals surface area contributed by atoms with E-state index in [1.165, 1.54) is 0 Å². The fourth-order valence-corrected chi connectivity index (χ4v) is 2.30. The molecule has 0 saturated carbocycles. The fraction of sp³-hybridized carbons (Fsp3) is 0.235. The highest BCUT2D eigenvalue weighted by molar-refractivity contribution is 6.05. The summed E-state index contributed by atoms with van der Waals surface area (Å²) in [5, 5.41) is 2.97. The van der Waals surface area contributed by atoms with Gasteiger partial charge in [0.15, 0.2) is 0 Å². The van der Waals surface area contributed by atoms with E-state index in [9.17, 15) is 4.79 Å². The predicted octanol–water partition coefficient (Wildman–Crippen LogP) is 3.40. The highest BCUT2D eigenvalue weighted by Gasteiger charge is 2.12. The van der Waals surface area contributed by atoms with Crippen LogP contribution in [-0.4, -0.2) is 13.0 Å². The number of hydrogen-bond donors (Lipinski definition) is 2. The molecule has 0 bridgehead atoms. The summed E-state index contributed by atoms with van der Waals surface area (Å²) < 4.78 is 5.14. The second-order valence-corrected chi connectivity index (χ2v) is 4.91. The van der Waals surface area contributed by atoms with E-state index in [0.717, 1.165) is 23.2 Å². The van der Waals surface area contributed by atoms with Crippen molar-refractivity contribution in [3.63, 3.8) is 0 Å². The van der Waals surface area contributed by atoms with Gasteiger partial charge in [-0.25, -0.2) is 0 Å². The molecule has 0 aliphatic heterocycles. The Balaban J connectivity index is 2.31. The molecule has 4 nitrogen and oxygen atoms in total. The molecule has 0 fully saturated rings. The van der Waals surface area contributed by atoms with E-state index in [1.54, 1.807) is 25.3 Å². The maximum Gasteiger partial charge on any atom is 0.255 e. The molecular weight excluding hydrogens is 264 g/mol. The molecule has 0 aromatic heterocycles. The van der Waals surface area contributed by atoms with Crippen molar-refractivity contribution >= 4 is 17.3 Å². The third-order valence-corrected chi connectivity index (χ3v) is 3.39. The van der Waals surface area contributed by atoms with Gasteiger partial charge in [0.1, 0.15) is 5.75 Å². The van der Waals surface area contributed by atoms with E-state index in [4.69, 9.17) is 10.5 Å². The van der Waals surface area contributed by atoms with Crippen LogP contribution in [0, 0.1) is 6.92 Å². The van der Waals surface area contributed by atoms with Gasteiger partial charge in [0, 0.05) is 16.9 Å². The van der Waals surface area contributed by atoms with Crippen LogP contribution in [0.2, 0.25) is 0 Å². The number of nitrogens with one attached hydrogen (secondary N) is 1. The second-order valence-electron chi connectivity index (χ2n) is 4.91.